The first kappa shape index (κ1) is 22.3. The van der Waals surface area contributed by atoms with Crippen molar-refractivity contribution in [1.29, 1.82) is 0 Å². The summed E-state index contributed by atoms with van der Waals surface area (Å²) in [4.78, 5) is 24.1. The summed E-state index contributed by atoms with van der Waals surface area (Å²) in [5.41, 5.74) is -0.460. The van der Waals surface area contributed by atoms with Gasteiger partial charge >= 0.3 is 0 Å². The van der Waals surface area contributed by atoms with Crippen molar-refractivity contribution in [2.24, 2.45) is 7.05 Å². The predicted octanol–water partition coefficient (Wildman–Crippen LogP) is 3.28. The number of rotatable bonds is 7. The van der Waals surface area contributed by atoms with Crippen LogP contribution in [0.3, 0.4) is 0 Å². The summed E-state index contributed by atoms with van der Waals surface area (Å²) in [7, 11) is 1.57. The molecule has 0 saturated carbocycles. The molecule has 2 aromatic carbocycles. The van der Waals surface area contributed by atoms with Gasteiger partial charge in [-0.25, -0.2) is 17.6 Å². The molecule has 162 valence electrons. The van der Waals surface area contributed by atoms with Crippen LogP contribution in [0, 0.1) is 23.3 Å². The molecule has 2 amide bonds. The predicted molar refractivity (Wildman–Crippen MR) is 105 cm³/mol. The van der Waals surface area contributed by atoms with Crippen LogP contribution in [0.25, 0.3) is 0 Å². The van der Waals surface area contributed by atoms with Gasteiger partial charge in [0.2, 0.25) is 11.8 Å². The van der Waals surface area contributed by atoms with Crippen molar-refractivity contribution >= 4 is 35.0 Å². The van der Waals surface area contributed by atoms with Gasteiger partial charge in [0.25, 0.3) is 0 Å². The SMILES string of the molecule is Cn1c(CC(=O)Nc2ccccc2F)nnc1SCC(=O)Nc1ccc(F)c(F)c1F. The molecule has 0 aliphatic heterocycles. The highest BCUT2D eigenvalue weighted by atomic mass is 32.2. The van der Waals surface area contributed by atoms with Gasteiger partial charge in [-0.15, -0.1) is 10.2 Å². The van der Waals surface area contributed by atoms with Gasteiger partial charge in [0, 0.05) is 7.05 Å². The van der Waals surface area contributed by atoms with Crippen LogP contribution in [0.4, 0.5) is 28.9 Å². The molecule has 12 heteroatoms. The fraction of sp³-hybridized carbons (Fsp3) is 0.158. The van der Waals surface area contributed by atoms with Crippen LogP contribution in [0.5, 0.6) is 0 Å². The first-order chi connectivity index (χ1) is 14.8. The Labute approximate surface area is 177 Å². The Hall–Kier alpha value is -3.41. The molecule has 0 bridgehead atoms. The number of thioether (sulfide) groups is 1. The summed E-state index contributed by atoms with van der Waals surface area (Å²) in [6.07, 6.45) is -0.190. The van der Waals surface area contributed by atoms with Crippen molar-refractivity contribution < 1.29 is 27.2 Å². The number of anilines is 2. The lowest BCUT2D eigenvalue weighted by molar-refractivity contribution is -0.116. The van der Waals surface area contributed by atoms with Crippen molar-refractivity contribution in [3.05, 3.63) is 65.5 Å². The maximum atomic E-state index is 13.6. The lowest BCUT2D eigenvalue weighted by Gasteiger charge is -2.08. The van der Waals surface area contributed by atoms with Gasteiger partial charge in [-0.2, -0.15) is 0 Å². The molecule has 3 rings (SSSR count). The summed E-state index contributed by atoms with van der Waals surface area (Å²) in [5.74, 6) is -6.28. The number of benzene rings is 2. The number of carbonyl (C=O) groups excluding carboxylic acids is 2. The third-order valence-corrected chi connectivity index (χ3v) is 5.05. The maximum absolute atomic E-state index is 13.6. The molecule has 2 N–H and O–H groups in total. The third kappa shape index (κ3) is 5.40. The molecule has 0 saturated heterocycles. The smallest absolute Gasteiger partial charge is 0.234 e. The zero-order valence-electron chi connectivity index (χ0n) is 16.0. The highest BCUT2D eigenvalue weighted by Gasteiger charge is 2.18. The zero-order chi connectivity index (χ0) is 22.5. The molecule has 1 heterocycles. The van der Waals surface area contributed by atoms with Crippen LogP contribution in [-0.2, 0) is 23.1 Å². The van der Waals surface area contributed by atoms with E-state index < -0.39 is 40.8 Å². The molecule has 0 spiro atoms. The highest BCUT2D eigenvalue weighted by molar-refractivity contribution is 7.99. The van der Waals surface area contributed by atoms with E-state index in [1.165, 1.54) is 22.8 Å². The van der Waals surface area contributed by atoms with Crippen LogP contribution >= 0.6 is 11.8 Å². The molecule has 3 aromatic rings. The van der Waals surface area contributed by atoms with E-state index in [-0.39, 0.29) is 28.8 Å². The molecule has 0 atom stereocenters. The number of halogens is 4. The average molecular weight is 453 g/mol. The van der Waals surface area contributed by atoms with Gasteiger partial charge in [-0.1, -0.05) is 23.9 Å². The Morgan fingerprint density at radius 2 is 1.61 bits per heavy atom. The minimum atomic E-state index is -1.68. The minimum absolute atomic E-state index is 0.0328. The van der Waals surface area contributed by atoms with E-state index in [0.717, 1.165) is 17.8 Å². The fourth-order valence-corrected chi connectivity index (χ4v) is 3.19. The second-order valence-electron chi connectivity index (χ2n) is 6.22. The molecule has 0 radical (unpaired) electrons. The number of hydrogen-bond acceptors (Lipinski definition) is 5. The van der Waals surface area contributed by atoms with E-state index in [0.29, 0.717) is 6.07 Å². The molecule has 0 aliphatic rings. The minimum Gasteiger partial charge on any atom is -0.323 e. The summed E-state index contributed by atoms with van der Waals surface area (Å²) >= 11 is 0.937. The van der Waals surface area contributed by atoms with E-state index in [9.17, 15) is 27.2 Å². The number of aromatic nitrogens is 3. The van der Waals surface area contributed by atoms with Crippen molar-refractivity contribution in [3.8, 4) is 0 Å². The Bertz CT molecular complexity index is 1140. The van der Waals surface area contributed by atoms with Crippen molar-refractivity contribution in [3.63, 3.8) is 0 Å². The van der Waals surface area contributed by atoms with Gasteiger partial charge in [0.15, 0.2) is 22.6 Å². The fourth-order valence-electron chi connectivity index (χ4n) is 2.46. The molecule has 1 aromatic heterocycles. The second-order valence-corrected chi connectivity index (χ2v) is 7.16. The maximum Gasteiger partial charge on any atom is 0.234 e. The quantitative estimate of drug-likeness (QED) is 0.326. The van der Waals surface area contributed by atoms with E-state index in [2.05, 4.69) is 20.8 Å². The monoisotopic (exact) mass is 453 g/mol. The molecular formula is C19H15F4N5O2S. The first-order valence-electron chi connectivity index (χ1n) is 8.75. The third-order valence-electron chi connectivity index (χ3n) is 4.03. The molecule has 0 aliphatic carbocycles. The van der Waals surface area contributed by atoms with Crippen molar-refractivity contribution in [2.45, 2.75) is 11.6 Å². The van der Waals surface area contributed by atoms with E-state index >= 15 is 0 Å². The largest absolute Gasteiger partial charge is 0.323 e. The molecular weight excluding hydrogens is 438 g/mol. The summed E-state index contributed by atoms with van der Waals surface area (Å²) in [5, 5.41) is 12.6. The molecule has 0 fully saturated rings. The molecule has 7 nitrogen and oxygen atoms in total. The standard InChI is InChI=1S/C19H15F4N5O2S/c1-28-14(8-15(29)24-12-5-3-2-4-10(12)20)26-27-19(28)31-9-16(30)25-13-7-6-11(21)17(22)18(13)23/h2-7H,8-9H2,1H3,(H,24,29)(H,25,30). The number of nitrogens with one attached hydrogen (secondary N) is 2. The van der Waals surface area contributed by atoms with Crippen molar-refractivity contribution in [2.75, 3.05) is 16.4 Å². The van der Waals surface area contributed by atoms with Gasteiger partial charge in [0.1, 0.15) is 11.6 Å². The Morgan fingerprint density at radius 1 is 0.903 bits per heavy atom. The Kier molecular flexibility index (Phi) is 6.90. The summed E-state index contributed by atoms with van der Waals surface area (Å²) < 4.78 is 54.9. The number of hydrogen-bond donors (Lipinski definition) is 2. The highest BCUT2D eigenvalue weighted by Crippen LogP contribution is 2.21. The normalized spacial score (nSPS) is 10.7. The number of para-hydroxylation sites is 1. The lowest BCUT2D eigenvalue weighted by atomic mass is 10.3. The summed E-state index contributed by atoms with van der Waals surface area (Å²) in [6, 6.07) is 7.30. The Balaban J connectivity index is 1.56. The zero-order valence-corrected chi connectivity index (χ0v) is 16.8. The van der Waals surface area contributed by atoms with Crippen LogP contribution in [-0.4, -0.2) is 32.3 Å². The topological polar surface area (TPSA) is 88.9 Å². The second kappa shape index (κ2) is 9.60. The van der Waals surface area contributed by atoms with Gasteiger partial charge in [-0.3, -0.25) is 9.59 Å². The number of nitrogens with zero attached hydrogens (tertiary/aromatic N) is 3. The number of amides is 2. The van der Waals surface area contributed by atoms with Crippen LogP contribution in [0.15, 0.2) is 41.6 Å². The number of carbonyl (C=O) groups is 2. The lowest BCUT2D eigenvalue weighted by Crippen LogP contribution is -2.18. The molecule has 31 heavy (non-hydrogen) atoms. The molecule has 0 unspecified atom stereocenters. The van der Waals surface area contributed by atoms with Crippen molar-refractivity contribution in [1.82, 2.24) is 14.8 Å². The van der Waals surface area contributed by atoms with E-state index in [4.69, 9.17) is 0 Å². The van der Waals surface area contributed by atoms with Gasteiger partial charge < -0.3 is 15.2 Å². The first-order valence-corrected chi connectivity index (χ1v) is 9.73. The van der Waals surface area contributed by atoms with Gasteiger partial charge in [-0.05, 0) is 24.3 Å². The summed E-state index contributed by atoms with van der Waals surface area (Å²) in [6.45, 7) is 0. The van der Waals surface area contributed by atoms with Crippen LogP contribution in [0.1, 0.15) is 5.82 Å². The van der Waals surface area contributed by atoms with Gasteiger partial charge in [0.05, 0.1) is 23.5 Å². The van der Waals surface area contributed by atoms with Crippen LogP contribution < -0.4 is 10.6 Å². The van der Waals surface area contributed by atoms with E-state index in [1.54, 1.807) is 13.1 Å². The van der Waals surface area contributed by atoms with Crippen LogP contribution in [0.2, 0.25) is 0 Å². The van der Waals surface area contributed by atoms with E-state index in [1.807, 2.05) is 0 Å². The Morgan fingerprint density at radius 3 is 2.35 bits per heavy atom. The average Bonchev–Trinajstić information content (AvgIpc) is 3.08.